The van der Waals surface area contributed by atoms with Gasteiger partial charge in [-0.1, -0.05) is 18.2 Å². The standard InChI is InChI=1S/C24H22N4O3/c29-21-9-3-12-28(21)18-7-1-6-17(13-18)24(30)27-15-19-14-16-5-2-8-20(22(16)31-19)23-25-10-4-11-26-23/h1-2,4-8,10-11,13,19H,3,9,12,14-15H2,(H,27,30)/t19-/m1/s1. The van der Waals surface area contributed by atoms with Crippen molar-refractivity contribution in [3.8, 4) is 17.1 Å². The number of ether oxygens (including phenoxy) is 1. The van der Waals surface area contributed by atoms with Gasteiger partial charge in [0.25, 0.3) is 5.91 Å². The lowest BCUT2D eigenvalue weighted by molar-refractivity contribution is -0.117. The lowest BCUT2D eigenvalue weighted by atomic mass is 10.1. The van der Waals surface area contributed by atoms with Crippen molar-refractivity contribution < 1.29 is 14.3 Å². The van der Waals surface area contributed by atoms with E-state index >= 15 is 0 Å². The van der Waals surface area contributed by atoms with E-state index in [1.54, 1.807) is 35.5 Å². The molecule has 1 aromatic heterocycles. The molecule has 2 aliphatic heterocycles. The normalized spacial score (nSPS) is 17.4. The van der Waals surface area contributed by atoms with Crippen LogP contribution in [0.15, 0.2) is 60.9 Å². The van der Waals surface area contributed by atoms with Crippen LogP contribution in [0, 0.1) is 0 Å². The van der Waals surface area contributed by atoms with Gasteiger partial charge in [0.05, 0.1) is 12.1 Å². The van der Waals surface area contributed by atoms with Crippen LogP contribution in [0.5, 0.6) is 5.75 Å². The molecule has 0 saturated carbocycles. The smallest absolute Gasteiger partial charge is 0.251 e. The first-order valence-corrected chi connectivity index (χ1v) is 10.4. The Morgan fingerprint density at radius 1 is 1.13 bits per heavy atom. The monoisotopic (exact) mass is 414 g/mol. The summed E-state index contributed by atoms with van der Waals surface area (Å²) in [6.07, 6.45) is 5.37. The molecule has 0 unspecified atom stereocenters. The van der Waals surface area contributed by atoms with E-state index in [9.17, 15) is 9.59 Å². The Kier molecular flexibility index (Phi) is 5.08. The van der Waals surface area contributed by atoms with Gasteiger partial charge in [0.2, 0.25) is 5.91 Å². The van der Waals surface area contributed by atoms with E-state index in [1.165, 1.54) is 0 Å². The highest BCUT2D eigenvalue weighted by molar-refractivity contribution is 5.99. The maximum Gasteiger partial charge on any atom is 0.251 e. The molecule has 5 rings (SSSR count). The summed E-state index contributed by atoms with van der Waals surface area (Å²) >= 11 is 0. The number of nitrogens with one attached hydrogen (secondary N) is 1. The molecule has 0 radical (unpaired) electrons. The van der Waals surface area contributed by atoms with Crippen molar-refractivity contribution in [2.24, 2.45) is 0 Å². The fraction of sp³-hybridized carbons (Fsp3) is 0.250. The van der Waals surface area contributed by atoms with Crippen molar-refractivity contribution in [1.29, 1.82) is 0 Å². The van der Waals surface area contributed by atoms with Crippen molar-refractivity contribution in [3.63, 3.8) is 0 Å². The molecule has 1 atom stereocenters. The molecule has 1 fully saturated rings. The number of aromatic nitrogens is 2. The quantitative estimate of drug-likeness (QED) is 0.694. The Bertz CT molecular complexity index is 1130. The largest absolute Gasteiger partial charge is 0.487 e. The van der Waals surface area contributed by atoms with Gasteiger partial charge in [0.15, 0.2) is 5.82 Å². The molecule has 0 bridgehead atoms. The van der Waals surface area contributed by atoms with Crippen molar-refractivity contribution in [2.75, 3.05) is 18.0 Å². The van der Waals surface area contributed by atoms with E-state index in [0.29, 0.717) is 37.3 Å². The molecule has 7 heteroatoms. The Morgan fingerprint density at radius 3 is 2.77 bits per heavy atom. The second-order valence-electron chi connectivity index (χ2n) is 7.72. The summed E-state index contributed by atoms with van der Waals surface area (Å²) in [6, 6.07) is 14.9. The number of carbonyl (C=O) groups is 2. The molecular formula is C24H22N4O3. The van der Waals surface area contributed by atoms with Crippen molar-refractivity contribution in [3.05, 3.63) is 72.1 Å². The molecule has 1 N–H and O–H groups in total. The highest BCUT2D eigenvalue weighted by Crippen LogP contribution is 2.37. The van der Waals surface area contributed by atoms with Gasteiger partial charge in [0, 0.05) is 43.0 Å². The first kappa shape index (κ1) is 19.2. The Labute approximate surface area is 180 Å². The number of para-hydroxylation sites is 1. The summed E-state index contributed by atoms with van der Waals surface area (Å²) < 4.78 is 6.15. The van der Waals surface area contributed by atoms with Gasteiger partial charge in [-0.05, 0) is 42.3 Å². The molecule has 156 valence electrons. The maximum absolute atomic E-state index is 12.7. The number of carbonyl (C=O) groups excluding carboxylic acids is 2. The molecule has 3 aromatic rings. The molecular weight excluding hydrogens is 392 g/mol. The van der Waals surface area contributed by atoms with Crippen LogP contribution in [0.2, 0.25) is 0 Å². The highest BCUT2D eigenvalue weighted by Gasteiger charge is 2.27. The van der Waals surface area contributed by atoms with Gasteiger partial charge in [-0.3, -0.25) is 9.59 Å². The first-order chi connectivity index (χ1) is 15.2. The van der Waals surface area contributed by atoms with E-state index in [0.717, 1.165) is 29.0 Å². The minimum atomic E-state index is -0.181. The summed E-state index contributed by atoms with van der Waals surface area (Å²) in [4.78, 5) is 35.1. The minimum Gasteiger partial charge on any atom is -0.487 e. The Morgan fingerprint density at radius 2 is 1.97 bits per heavy atom. The third-order valence-corrected chi connectivity index (χ3v) is 5.62. The van der Waals surface area contributed by atoms with Crippen molar-refractivity contribution in [2.45, 2.75) is 25.4 Å². The van der Waals surface area contributed by atoms with Gasteiger partial charge < -0.3 is 15.0 Å². The van der Waals surface area contributed by atoms with E-state index < -0.39 is 0 Å². The lowest BCUT2D eigenvalue weighted by Crippen LogP contribution is -2.34. The zero-order valence-corrected chi connectivity index (χ0v) is 17.0. The van der Waals surface area contributed by atoms with E-state index in [1.807, 2.05) is 30.3 Å². The van der Waals surface area contributed by atoms with Gasteiger partial charge in [0.1, 0.15) is 11.9 Å². The summed E-state index contributed by atoms with van der Waals surface area (Å²) in [6.45, 7) is 1.08. The van der Waals surface area contributed by atoms with Crippen LogP contribution in [0.25, 0.3) is 11.4 Å². The SMILES string of the molecule is O=C(NC[C@H]1Cc2cccc(-c3ncccn3)c2O1)c1cccc(N2CCCC2=O)c1. The number of nitrogens with zero attached hydrogens (tertiary/aromatic N) is 3. The van der Waals surface area contributed by atoms with E-state index in [4.69, 9.17) is 4.74 Å². The summed E-state index contributed by atoms with van der Waals surface area (Å²) in [7, 11) is 0. The second-order valence-corrected chi connectivity index (χ2v) is 7.72. The van der Waals surface area contributed by atoms with Crippen LogP contribution in [-0.2, 0) is 11.2 Å². The fourth-order valence-electron chi connectivity index (χ4n) is 4.11. The Balaban J connectivity index is 1.25. The van der Waals surface area contributed by atoms with Gasteiger partial charge in [-0.2, -0.15) is 0 Å². The van der Waals surface area contributed by atoms with Crippen LogP contribution in [0.1, 0.15) is 28.8 Å². The number of rotatable bonds is 5. The van der Waals surface area contributed by atoms with Crippen LogP contribution >= 0.6 is 0 Å². The van der Waals surface area contributed by atoms with Gasteiger partial charge in [-0.15, -0.1) is 0 Å². The summed E-state index contributed by atoms with van der Waals surface area (Å²) in [5.74, 6) is 1.33. The maximum atomic E-state index is 12.7. The molecule has 2 aliphatic rings. The summed E-state index contributed by atoms with van der Waals surface area (Å²) in [5, 5.41) is 2.97. The number of amides is 2. The topological polar surface area (TPSA) is 84.4 Å². The molecule has 7 nitrogen and oxygen atoms in total. The van der Waals surface area contributed by atoms with Gasteiger partial charge in [-0.25, -0.2) is 9.97 Å². The minimum absolute atomic E-state index is 0.105. The predicted molar refractivity (Wildman–Crippen MR) is 116 cm³/mol. The molecule has 2 aromatic carbocycles. The molecule has 0 aliphatic carbocycles. The highest BCUT2D eigenvalue weighted by atomic mass is 16.5. The number of hydrogen-bond acceptors (Lipinski definition) is 5. The number of fused-ring (bicyclic) bond motifs is 1. The van der Waals surface area contributed by atoms with Crippen LogP contribution in [0.4, 0.5) is 5.69 Å². The molecule has 2 amide bonds. The van der Waals surface area contributed by atoms with Crippen LogP contribution in [-0.4, -0.2) is 41.0 Å². The fourth-order valence-corrected chi connectivity index (χ4v) is 4.11. The molecule has 3 heterocycles. The molecule has 31 heavy (non-hydrogen) atoms. The van der Waals surface area contributed by atoms with E-state index in [-0.39, 0.29) is 17.9 Å². The molecule has 0 spiro atoms. The number of hydrogen-bond donors (Lipinski definition) is 1. The van der Waals surface area contributed by atoms with E-state index in [2.05, 4.69) is 15.3 Å². The third-order valence-electron chi connectivity index (χ3n) is 5.62. The first-order valence-electron chi connectivity index (χ1n) is 10.4. The average Bonchev–Trinajstić information content (AvgIpc) is 3.43. The number of anilines is 1. The molecule has 1 saturated heterocycles. The lowest BCUT2D eigenvalue weighted by Gasteiger charge is -2.17. The van der Waals surface area contributed by atoms with Crippen LogP contribution < -0.4 is 15.0 Å². The third kappa shape index (κ3) is 3.86. The second kappa shape index (κ2) is 8.18. The Hall–Kier alpha value is -3.74. The summed E-state index contributed by atoms with van der Waals surface area (Å²) in [5.41, 5.74) is 3.24. The zero-order chi connectivity index (χ0) is 21.2. The van der Waals surface area contributed by atoms with Gasteiger partial charge >= 0.3 is 0 Å². The predicted octanol–water partition coefficient (Wildman–Crippen LogP) is 3.00. The number of benzene rings is 2. The average molecular weight is 414 g/mol. The van der Waals surface area contributed by atoms with Crippen molar-refractivity contribution >= 4 is 17.5 Å². The van der Waals surface area contributed by atoms with Crippen LogP contribution in [0.3, 0.4) is 0 Å². The van der Waals surface area contributed by atoms with Crippen molar-refractivity contribution in [1.82, 2.24) is 15.3 Å². The zero-order valence-electron chi connectivity index (χ0n) is 17.0.